The Kier molecular flexibility index (Phi) is 2.62. The summed E-state index contributed by atoms with van der Waals surface area (Å²) in [7, 11) is 1.94. The molecular weight excluding hydrogens is 140 g/mol. The van der Waals surface area contributed by atoms with Gasteiger partial charge < -0.3 is 4.57 Å². The molecule has 0 aromatic carbocycles. The van der Waals surface area contributed by atoms with Crippen molar-refractivity contribution < 1.29 is 0 Å². The minimum atomic E-state index is 0.177. The first-order chi connectivity index (χ1) is 5.27. The van der Waals surface area contributed by atoms with Crippen LogP contribution in [0.3, 0.4) is 0 Å². The van der Waals surface area contributed by atoms with E-state index in [-0.39, 0.29) is 6.04 Å². The van der Waals surface area contributed by atoms with Crippen LogP contribution in [0.1, 0.15) is 25.1 Å². The van der Waals surface area contributed by atoms with E-state index < -0.39 is 0 Å². The van der Waals surface area contributed by atoms with E-state index in [9.17, 15) is 0 Å². The van der Waals surface area contributed by atoms with Crippen molar-refractivity contribution in [2.45, 2.75) is 19.4 Å². The molecule has 1 aromatic rings. The number of aromatic nitrogens is 2. The van der Waals surface area contributed by atoms with Gasteiger partial charge in [-0.05, 0) is 6.42 Å². The average molecular weight is 154 g/mol. The molecule has 0 amide bonds. The zero-order valence-electron chi connectivity index (χ0n) is 6.91. The number of rotatable bonds is 3. The number of nitrogens with one attached hydrogen (secondary N) is 1. The minimum absolute atomic E-state index is 0.177. The SMILES string of the molecule is CCC(NN)c1cn(C)cn1. The molecule has 0 aliphatic rings. The zero-order valence-corrected chi connectivity index (χ0v) is 6.91. The van der Waals surface area contributed by atoms with Gasteiger partial charge in [0.05, 0.1) is 18.1 Å². The van der Waals surface area contributed by atoms with Crippen LogP contribution in [-0.2, 0) is 7.05 Å². The second kappa shape index (κ2) is 3.50. The molecule has 62 valence electrons. The first kappa shape index (κ1) is 8.23. The Morgan fingerprint density at radius 2 is 2.55 bits per heavy atom. The molecular formula is C7H14N4. The molecule has 1 atom stereocenters. The van der Waals surface area contributed by atoms with Crippen molar-refractivity contribution in [2.24, 2.45) is 12.9 Å². The molecule has 0 aliphatic heterocycles. The molecule has 4 heteroatoms. The largest absolute Gasteiger partial charge is 0.340 e. The van der Waals surface area contributed by atoms with Crippen LogP contribution in [0.25, 0.3) is 0 Å². The Morgan fingerprint density at radius 3 is 2.91 bits per heavy atom. The summed E-state index contributed by atoms with van der Waals surface area (Å²) in [5.41, 5.74) is 3.70. The van der Waals surface area contributed by atoms with Gasteiger partial charge in [-0.25, -0.2) is 4.98 Å². The van der Waals surface area contributed by atoms with E-state index in [0.29, 0.717) is 0 Å². The number of imidazole rings is 1. The van der Waals surface area contributed by atoms with Gasteiger partial charge in [0.1, 0.15) is 0 Å². The highest BCUT2D eigenvalue weighted by Crippen LogP contribution is 2.11. The quantitative estimate of drug-likeness (QED) is 0.487. The lowest BCUT2D eigenvalue weighted by Gasteiger charge is -2.08. The zero-order chi connectivity index (χ0) is 8.27. The predicted octanol–water partition coefficient (Wildman–Crippen LogP) is 0.334. The van der Waals surface area contributed by atoms with Crippen molar-refractivity contribution in [1.82, 2.24) is 15.0 Å². The predicted molar refractivity (Wildman–Crippen MR) is 43.6 cm³/mol. The molecule has 4 nitrogen and oxygen atoms in total. The second-order valence-corrected chi connectivity index (χ2v) is 2.59. The standard InChI is InChI=1S/C7H14N4/c1-3-6(10-8)7-4-11(2)5-9-7/h4-6,10H,3,8H2,1-2H3. The van der Waals surface area contributed by atoms with Gasteiger partial charge in [0.2, 0.25) is 0 Å². The third kappa shape index (κ3) is 1.78. The van der Waals surface area contributed by atoms with Gasteiger partial charge in [-0.1, -0.05) is 6.92 Å². The topological polar surface area (TPSA) is 55.9 Å². The van der Waals surface area contributed by atoms with E-state index in [1.54, 1.807) is 6.33 Å². The fraction of sp³-hybridized carbons (Fsp3) is 0.571. The molecule has 11 heavy (non-hydrogen) atoms. The van der Waals surface area contributed by atoms with Gasteiger partial charge in [-0.2, -0.15) is 0 Å². The molecule has 0 spiro atoms. The van der Waals surface area contributed by atoms with Crippen molar-refractivity contribution in [1.29, 1.82) is 0 Å². The maximum atomic E-state index is 5.33. The lowest BCUT2D eigenvalue weighted by atomic mass is 10.2. The summed E-state index contributed by atoms with van der Waals surface area (Å²) in [4.78, 5) is 4.18. The summed E-state index contributed by atoms with van der Waals surface area (Å²) in [5, 5.41) is 0. The third-order valence-corrected chi connectivity index (χ3v) is 1.69. The van der Waals surface area contributed by atoms with Crippen molar-refractivity contribution in [3.63, 3.8) is 0 Å². The molecule has 0 bridgehead atoms. The van der Waals surface area contributed by atoms with Gasteiger partial charge in [0.25, 0.3) is 0 Å². The van der Waals surface area contributed by atoms with Gasteiger partial charge in [-0.3, -0.25) is 11.3 Å². The Hall–Kier alpha value is -0.870. The van der Waals surface area contributed by atoms with Crippen LogP contribution >= 0.6 is 0 Å². The third-order valence-electron chi connectivity index (χ3n) is 1.69. The van der Waals surface area contributed by atoms with Gasteiger partial charge in [-0.15, -0.1) is 0 Å². The van der Waals surface area contributed by atoms with E-state index in [2.05, 4.69) is 17.3 Å². The highest BCUT2D eigenvalue weighted by Gasteiger charge is 2.08. The lowest BCUT2D eigenvalue weighted by Crippen LogP contribution is -2.27. The first-order valence-corrected chi connectivity index (χ1v) is 3.72. The molecule has 0 saturated carbocycles. The molecule has 3 N–H and O–H groups in total. The Labute approximate surface area is 66.4 Å². The van der Waals surface area contributed by atoms with Gasteiger partial charge in [0.15, 0.2) is 0 Å². The smallest absolute Gasteiger partial charge is 0.0947 e. The average Bonchev–Trinajstić information content (AvgIpc) is 2.39. The van der Waals surface area contributed by atoms with E-state index in [1.165, 1.54) is 0 Å². The normalized spacial score (nSPS) is 13.4. The summed E-state index contributed by atoms with van der Waals surface area (Å²) in [6, 6.07) is 0.177. The van der Waals surface area contributed by atoms with E-state index in [4.69, 9.17) is 5.84 Å². The molecule has 0 saturated heterocycles. The lowest BCUT2D eigenvalue weighted by molar-refractivity contribution is 0.527. The number of hydrogen-bond acceptors (Lipinski definition) is 3. The number of aryl methyl sites for hydroxylation is 1. The summed E-state index contributed by atoms with van der Waals surface area (Å²) >= 11 is 0. The van der Waals surface area contributed by atoms with Crippen LogP contribution in [0.5, 0.6) is 0 Å². The molecule has 1 unspecified atom stereocenters. The van der Waals surface area contributed by atoms with Crippen LogP contribution in [0, 0.1) is 0 Å². The Bertz CT molecular complexity index is 214. The Morgan fingerprint density at radius 1 is 1.82 bits per heavy atom. The summed E-state index contributed by atoms with van der Waals surface area (Å²) in [6.07, 6.45) is 4.69. The number of hydrazine groups is 1. The summed E-state index contributed by atoms with van der Waals surface area (Å²) < 4.78 is 1.91. The first-order valence-electron chi connectivity index (χ1n) is 3.72. The van der Waals surface area contributed by atoms with Crippen LogP contribution in [0.4, 0.5) is 0 Å². The summed E-state index contributed by atoms with van der Waals surface area (Å²) in [5.74, 6) is 5.33. The minimum Gasteiger partial charge on any atom is -0.340 e. The molecule has 0 fully saturated rings. The fourth-order valence-corrected chi connectivity index (χ4v) is 1.03. The fourth-order valence-electron chi connectivity index (χ4n) is 1.03. The van der Waals surface area contributed by atoms with Crippen molar-refractivity contribution in [2.75, 3.05) is 0 Å². The molecule has 0 radical (unpaired) electrons. The Balaban J connectivity index is 2.73. The van der Waals surface area contributed by atoms with Gasteiger partial charge >= 0.3 is 0 Å². The van der Waals surface area contributed by atoms with Crippen molar-refractivity contribution in [3.05, 3.63) is 18.2 Å². The van der Waals surface area contributed by atoms with Crippen molar-refractivity contribution >= 4 is 0 Å². The molecule has 0 aliphatic carbocycles. The van der Waals surface area contributed by atoms with Crippen LogP contribution in [0.15, 0.2) is 12.5 Å². The number of nitrogens with two attached hydrogens (primary N) is 1. The van der Waals surface area contributed by atoms with Crippen LogP contribution in [-0.4, -0.2) is 9.55 Å². The van der Waals surface area contributed by atoms with E-state index >= 15 is 0 Å². The highest BCUT2D eigenvalue weighted by atomic mass is 15.2. The molecule has 1 rings (SSSR count). The monoisotopic (exact) mass is 154 g/mol. The van der Waals surface area contributed by atoms with E-state index in [0.717, 1.165) is 12.1 Å². The van der Waals surface area contributed by atoms with Gasteiger partial charge in [0, 0.05) is 13.2 Å². The van der Waals surface area contributed by atoms with Crippen molar-refractivity contribution in [3.8, 4) is 0 Å². The maximum Gasteiger partial charge on any atom is 0.0947 e. The van der Waals surface area contributed by atoms with Crippen LogP contribution < -0.4 is 11.3 Å². The highest BCUT2D eigenvalue weighted by molar-refractivity contribution is 5.02. The maximum absolute atomic E-state index is 5.33. The molecule has 1 heterocycles. The number of nitrogens with zero attached hydrogens (tertiary/aromatic N) is 2. The number of hydrogen-bond donors (Lipinski definition) is 2. The molecule has 1 aromatic heterocycles. The second-order valence-electron chi connectivity index (χ2n) is 2.59. The summed E-state index contributed by atoms with van der Waals surface area (Å²) in [6.45, 7) is 2.07. The van der Waals surface area contributed by atoms with E-state index in [1.807, 2.05) is 17.8 Å². The van der Waals surface area contributed by atoms with Crippen LogP contribution in [0.2, 0.25) is 0 Å².